The molecule has 0 fully saturated rings. The highest BCUT2D eigenvalue weighted by Gasteiger charge is 2.10. The SMILES string of the molecule is CCC(C)c1ccc(-n2cc(C=O)cn2)cc1C#N. The van der Waals surface area contributed by atoms with Gasteiger partial charge in [-0.25, -0.2) is 4.68 Å². The van der Waals surface area contributed by atoms with Gasteiger partial charge in [0.15, 0.2) is 6.29 Å². The molecule has 1 aromatic heterocycles. The van der Waals surface area contributed by atoms with Crippen molar-refractivity contribution < 1.29 is 4.79 Å². The van der Waals surface area contributed by atoms with E-state index in [0.29, 0.717) is 17.0 Å². The van der Waals surface area contributed by atoms with Crippen LogP contribution in [0.5, 0.6) is 0 Å². The summed E-state index contributed by atoms with van der Waals surface area (Å²) in [6.45, 7) is 4.21. The molecule has 0 N–H and O–H groups in total. The molecule has 0 saturated heterocycles. The Labute approximate surface area is 112 Å². The molecule has 96 valence electrons. The third-order valence-corrected chi connectivity index (χ3v) is 3.30. The number of benzene rings is 1. The fourth-order valence-corrected chi connectivity index (χ4v) is 1.97. The van der Waals surface area contributed by atoms with Gasteiger partial charge in [0.1, 0.15) is 0 Å². The Morgan fingerprint density at radius 2 is 2.32 bits per heavy atom. The van der Waals surface area contributed by atoms with Crippen LogP contribution >= 0.6 is 0 Å². The zero-order valence-electron chi connectivity index (χ0n) is 11.0. The molecule has 0 aliphatic heterocycles. The second-order valence-electron chi connectivity index (χ2n) is 4.53. The lowest BCUT2D eigenvalue weighted by Crippen LogP contribution is -2.00. The minimum atomic E-state index is 0.354. The lowest BCUT2D eigenvalue weighted by molar-refractivity contribution is 0.112. The van der Waals surface area contributed by atoms with Gasteiger partial charge in [0, 0.05) is 6.20 Å². The highest BCUT2D eigenvalue weighted by molar-refractivity contribution is 5.73. The summed E-state index contributed by atoms with van der Waals surface area (Å²) in [4.78, 5) is 10.7. The number of aldehydes is 1. The Kier molecular flexibility index (Phi) is 3.76. The molecule has 0 aliphatic carbocycles. The lowest BCUT2D eigenvalue weighted by atomic mass is 9.94. The van der Waals surface area contributed by atoms with Gasteiger partial charge in [-0.2, -0.15) is 10.4 Å². The number of hydrogen-bond acceptors (Lipinski definition) is 3. The summed E-state index contributed by atoms with van der Waals surface area (Å²) in [5.74, 6) is 0.354. The monoisotopic (exact) mass is 253 g/mol. The minimum absolute atomic E-state index is 0.354. The molecule has 0 amide bonds. The molecule has 4 nitrogen and oxygen atoms in total. The topological polar surface area (TPSA) is 58.7 Å². The first-order valence-corrected chi connectivity index (χ1v) is 6.23. The predicted octanol–water partition coefficient (Wildman–Crippen LogP) is 3.07. The fraction of sp³-hybridized carbons (Fsp3) is 0.267. The number of carbonyl (C=O) groups is 1. The summed E-state index contributed by atoms with van der Waals surface area (Å²) >= 11 is 0. The maximum atomic E-state index is 10.7. The maximum Gasteiger partial charge on any atom is 0.153 e. The van der Waals surface area contributed by atoms with Crippen molar-refractivity contribution in [1.29, 1.82) is 5.26 Å². The predicted molar refractivity (Wildman–Crippen MR) is 72.4 cm³/mol. The van der Waals surface area contributed by atoms with Crippen LogP contribution < -0.4 is 0 Å². The van der Waals surface area contributed by atoms with E-state index in [9.17, 15) is 10.1 Å². The van der Waals surface area contributed by atoms with Crippen molar-refractivity contribution in [3.63, 3.8) is 0 Å². The van der Waals surface area contributed by atoms with Crippen LogP contribution in [0.25, 0.3) is 5.69 Å². The van der Waals surface area contributed by atoms with Gasteiger partial charge < -0.3 is 0 Å². The first kappa shape index (κ1) is 13.0. The molecule has 4 heteroatoms. The van der Waals surface area contributed by atoms with Gasteiger partial charge in [0.2, 0.25) is 0 Å². The van der Waals surface area contributed by atoms with Crippen molar-refractivity contribution in [2.24, 2.45) is 0 Å². The first-order chi connectivity index (χ1) is 9.19. The summed E-state index contributed by atoms with van der Waals surface area (Å²) < 4.78 is 1.60. The third kappa shape index (κ3) is 2.55. The van der Waals surface area contributed by atoms with Crippen LogP contribution in [-0.4, -0.2) is 16.1 Å². The molecule has 0 saturated carbocycles. The Bertz CT molecular complexity index is 637. The lowest BCUT2D eigenvalue weighted by Gasteiger charge is -2.12. The molecule has 2 rings (SSSR count). The summed E-state index contributed by atoms with van der Waals surface area (Å²) in [5, 5.41) is 13.4. The van der Waals surface area contributed by atoms with Crippen LogP contribution in [0, 0.1) is 11.3 Å². The molecule has 0 spiro atoms. The average molecular weight is 253 g/mol. The van der Waals surface area contributed by atoms with Crippen molar-refractivity contribution in [1.82, 2.24) is 9.78 Å². The van der Waals surface area contributed by atoms with Gasteiger partial charge in [-0.1, -0.05) is 19.9 Å². The van der Waals surface area contributed by atoms with Crippen LogP contribution in [0.15, 0.2) is 30.6 Å². The van der Waals surface area contributed by atoms with Gasteiger partial charge in [-0.05, 0) is 30.0 Å². The van der Waals surface area contributed by atoms with E-state index in [1.807, 2.05) is 18.2 Å². The second-order valence-corrected chi connectivity index (χ2v) is 4.53. The molecule has 19 heavy (non-hydrogen) atoms. The highest BCUT2D eigenvalue weighted by Crippen LogP contribution is 2.24. The van der Waals surface area contributed by atoms with E-state index in [-0.39, 0.29) is 0 Å². The number of rotatable bonds is 4. The maximum absolute atomic E-state index is 10.7. The van der Waals surface area contributed by atoms with Crippen LogP contribution in [0.2, 0.25) is 0 Å². The Balaban J connectivity index is 2.44. The normalized spacial score (nSPS) is 11.8. The number of aromatic nitrogens is 2. The van der Waals surface area contributed by atoms with Crippen LogP contribution in [-0.2, 0) is 0 Å². The minimum Gasteiger partial charge on any atom is -0.298 e. The van der Waals surface area contributed by atoms with Crippen molar-refractivity contribution in [3.8, 4) is 11.8 Å². The number of nitrogens with zero attached hydrogens (tertiary/aromatic N) is 3. The third-order valence-electron chi connectivity index (χ3n) is 3.30. The van der Waals surface area contributed by atoms with E-state index in [1.165, 1.54) is 6.20 Å². The zero-order valence-corrected chi connectivity index (χ0v) is 11.0. The van der Waals surface area contributed by atoms with E-state index in [4.69, 9.17) is 0 Å². The van der Waals surface area contributed by atoms with Crippen molar-refractivity contribution in [2.45, 2.75) is 26.2 Å². The van der Waals surface area contributed by atoms with E-state index in [0.717, 1.165) is 24.0 Å². The smallest absolute Gasteiger partial charge is 0.153 e. The van der Waals surface area contributed by atoms with Crippen molar-refractivity contribution >= 4 is 6.29 Å². The van der Waals surface area contributed by atoms with Gasteiger partial charge >= 0.3 is 0 Å². The van der Waals surface area contributed by atoms with Crippen LogP contribution in [0.3, 0.4) is 0 Å². The Morgan fingerprint density at radius 3 is 2.89 bits per heavy atom. The number of nitriles is 1. The Hall–Kier alpha value is -2.41. The second kappa shape index (κ2) is 5.49. The van der Waals surface area contributed by atoms with Crippen molar-refractivity contribution in [3.05, 3.63) is 47.3 Å². The molecule has 1 unspecified atom stereocenters. The zero-order chi connectivity index (χ0) is 13.8. The Morgan fingerprint density at radius 1 is 1.53 bits per heavy atom. The van der Waals surface area contributed by atoms with Crippen LogP contribution in [0.4, 0.5) is 0 Å². The van der Waals surface area contributed by atoms with E-state index < -0.39 is 0 Å². The summed E-state index contributed by atoms with van der Waals surface area (Å²) in [5.41, 5.74) is 3.02. The summed E-state index contributed by atoms with van der Waals surface area (Å²) in [7, 11) is 0. The molecular weight excluding hydrogens is 238 g/mol. The molecule has 1 aromatic carbocycles. The average Bonchev–Trinajstić information content (AvgIpc) is 2.94. The molecule has 0 bridgehead atoms. The van der Waals surface area contributed by atoms with E-state index >= 15 is 0 Å². The fourth-order valence-electron chi connectivity index (χ4n) is 1.97. The largest absolute Gasteiger partial charge is 0.298 e. The number of carbonyl (C=O) groups excluding carboxylic acids is 1. The molecule has 1 atom stereocenters. The summed E-state index contributed by atoms with van der Waals surface area (Å²) in [6, 6.07) is 7.92. The summed E-state index contributed by atoms with van der Waals surface area (Å²) in [6.07, 6.45) is 4.89. The molecule has 1 heterocycles. The highest BCUT2D eigenvalue weighted by atomic mass is 16.1. The van der Waals surface area contributed by atoms with Gasteiger partial charge in [-0.3, -0.25) is 4.79 Å². The first-order valence-electron chi connectivity index (χ1n) is 6.23. The molecule has 0 radical (unpaired) electrons. The van der Waals surface area contributed by atoms with Gasteiger partial charge in [0.05, 0.1) is 29.1 Å². The number of hydrogen-bond donors (Lipinski definition) is 0. The van der Waals surface area contributed by atoms with Crippen molar-refractivity contribution in [2.75, 3.05) is 0 Å². The van der Waals surface area contributed by atoms with Gasteiger partial charge in [-0.15, -0.1) is 0 Å². The standard InChI is InChI=1S/C15H15N3O/c1-3-11(2)15-5-4-14(6-13(15)7-16)18-9-12(10-19)8-17-18/h4-6,8-11H,3H2,1-2H3. The molecule has 0 aliphatic rings. The molecular formula is C15H15N3O. The quantitative estimate of drug-likeness (QED) is 0.787. The van der Waals surface area contributed by atoms with Crippen LogP contribution in [0.1, 0.15) is 47.7 Å². The van der Waals surface area contributed by atoms with E-state index in [1.54, 1.807) is 10.9 Å². The van der Waals surface area contributed by atoms with Gasteiger partial charge in [0.25, 0.3) is 0 Å². The van der Waals surface area contributed by atoms with E-state index in [2.05, 4.69) is 25.0 Å². The molecule has 2 aromatic rings.